The van der Waals surface area contributed by atoms with Gasteiger partial charge in [0.25, 0.3) is 0 Å². The fourth-order valence-corrected chi connectivity index (χ4v) is 4.29. The van der Waals surface area contributed by atoms with Crippen LogP contribution in [0, 0.1) is 28.6 Å². The third-order valence-corrected chi connectivity index (χ3v) is 5.98. The van der Waals surface area contributed by atoms with E-state index in [2.05, 4.69) is 25.5 Å². The Kier molecular flexibility index (Phi) is 6.04. The third kappa shape index (κ3) is 4.26. The monoisotopic (exact) mass is 446 g/mol. The molecule has 178 valence electrons. The number of nitrogen functional groups attached to an aromatic ring is 1. The highest BCUT2D eigenvalue weighted by molar-refractivity contribution is 6.05. The SMILES string of the molecule is CCNC(=O)C1C2CN(c3cnc(N)c(C(=N)OC(=N)c4ccc(CNC)cc4)n3)C[C@@H]21.[HH].[HH].[HH].[HH].[HH]. The predicted molar refractivity (Wildman–Crippen MR) is 132 cm³/mol. The van der Waals surface area contributed by atoms with Gasteiger partial charge in [-0.1, -0.05) is 12.1 Å². The highest BCUT2D eigenvalue weighted by Gasteiger charge is 2.59. The van der Waals surface area contributed by atoms with Crippen LogP contribution in [-0.2, 0) is 16.1 Å². The summed E-state index contributed by atoms with van der Waals surface area (Å²) in [7, 11) is 1.87. The van der Waals surface area contributed by atoms with Gasteiger partial charge in [-0.05, 0) is 43.5 Å². The molecule has 10 heteroatoms. The minimum Gasteiger partial charge on any atom is -0.419 e. The van der Waals surface area contributed by atoms with Crippen LogP contribution in [0.3, 0.4) is 0 Å². The van der Waals surface area contributed by atoms with Crippen LogP contribution in [0.15, 0.2) is 30.5 Å². The number of anilines is 2. The minimum absolute atomic E-state index is 0. The van der Waals surface area contributed by atoms with E-state index in [9.17, 15) is 4.79 Å². The molecule has 1 aliphatic heterocycles. The average molecular weight is 447 g/mol. The van der Waals surface area contributed by atoms with E-state index < -0.39 is 0 Å². The van der Waals surface area contributed by atoms with E-state index in [1.165, 1.54) is 0 Å². The largest absolute Gasteiger partial charge is 0.419 e. The molecule has 1 saturated heterocycles. The molecule has 0 bridgehead atoms. The second-order valence-electron chi connectivity index (χ2n) is 8.10. The van der Waals surface area contributed by atoms with Crippen molar-refractivity contribution in [1.29, 1.82) is 10.8 Å². The molecule has 1 aromatic heterocycles. The van der Waals surface area contributed by atoms with Gasteiger partial charge in [0.05, 0.1) is 6.20 Å². The summed E-state index contributed by atoms with van der Waals surface area (Å²) in [5.74, 6) is 1.01. The van der Waals surface area contributed by atoms with Gasteiger partial charge >= 0.3 is 0 Å². The number of fused-ring (bicyclic) bond motifs is 1. The molecule has 2 aliphatic rings. The summed E-state index contributed by atoms with van der Waals surface area (Å²) >= 11 is 0. The number of hydrogen-bond donors (Lipinski definition) is 5. The fourth-order valence-electron chi connectivity index (χ4n) is 4.29. The van der Waals surface area contributed by atoms with Crippen LogP contribution in [0.25, 0.3) is 0 Å². The van der Waals surface area contributed by atoms with E-state index in [0.717, 1.165) is 12.1 Å². The van der Waals surface area contributed by atoms with Gasteiger partial charge < -0.3 is 26.0 Å². The Morgan fingerprint density at radius 3 is 2.56 bits per heavy atom. The third-order valence-electron chi connectivity index (χ3n) is 5.98. The zero-order valence-electron chi connectivity index (χ0n) is 18.2. The first kappa shape index (κ1) is 21.7. The standard InChI is InChI=1S/C22H28N8O2.5H2/c1-3-27-22(31)17-14-10-30(11-15(14)17)16-9-28-19(23)18(29-16)21(25)32-20(24)13-6-4-12(5-7-13)8-26-2;;;;;/h4-7,9,14-15,17,24-26H,3,8,10-11H2,1-2H3,(H2,23,28)(H,27,31);5*1H/t14-,15?,17?;;;;;/m0...../s1. The number of nitrogens with zero attached hydrogens (tertiary/aromatic N) is 3. The average Bonchev–Trinajstić information content (AvgIpc) is 3.28. The second-order valence-corrected chi connectivity index (χ2v) is 8.10. The maximum Gasteiger partial charge on any atom is 0.243 e. The molecule has 3 atom stereocenters. The van der Waals surface area contributed by atoms with Crippen molar-refractivity contribution in [1.82, 2.24) is 20.6 Å². The number of nitrogens with one attached hydrogen (secondary N) is 4. The summed E-state index contributed by atoms with van der Waals surface area (Å²) in [5.41, 5.74) is 7.67. The van der Waals surface area contributed by atoms with Crippen LogP contribution >= 0.6 is 0 Å². The van der Waals surface area contributed by atoms with E-state index >= 15 is 0 Å². The summed E-state index contributed by atoms with van der Waals surface area (Å²) < 4.78 is 5.42. The lowest BCUT2D eigenvalue weighted by molar-refractivity contribution is -0.122. The van der Waals surface area contributed by atoms with E-state index in [4.69, 9.17) is 21.3 Å². The van der Waals surface area contributed by atoms with Crippen molar-refractivity contribution in [3.8, 4) is 0 Å². The fraction of sp³-hybridized carbons (Fsp3) is 0.409. The van der Waals surface area contributed by atoms with E-state index in [1.807, 2.05) is 26.1 Å². The van der Waals surface area contributed by atoms with Crippen molar-refractivity contribution in [2.75, 3.05) is 37.3 Å². The van der Waals surface area contributed by atoms with Crippen LogP contribution in [0.5, 0.6) is 0 Å². The Morgan fingerprint density at radius 1 is 1.25 bits per heavy atom. The number of ether oxygens (including phenoxy) is 1. The number of nitrogens with two attached hydrogens (primary N) is 1. The topological polar surface area (TPSA) is 153 Å². The van der Waals surface area contributed by atoms with Crippen LogP contribution in [0.1, 0.15) is 30.9 Å². The maximum absolute atomic E-state index is 12.1. The van der Waals surface area contributed by atoms with E-state index in [1.54, 1.807) is 18.3 Å². The molecule has 4 rings (SSSR count). The van der Waals surface area contributed by atoms with Gasteiger partial charge in [0, 0.05) is 44.8 Å². The molecule has 1 saturated carbocycles. The van der Waals surface area contributed by atoms with E-state index in [-0.39, 0.29) is 42.3 Å². The molecule has 2 fully saturated rings. The Labute approximate surface area is 194 Å². The molecule has 2 aromatic rings. The molecule has 2 unspecified atom stereocenters. The number of carbonyl (C=O) groups is 1. The number of carbonyl (C=O) groups excluding carboxylic acids is 1. The molecule has 32 heavy (non-hydrogen) atoms. The second kappa shape index (κ2) is 8.91. The molecule has 0 spiro atoms. The number of aromatic nitrogens is 2. The number of amides is 1. The Morgan fingerprint density at radius 2 is 1.94 bits per heavy atom. The molecule has 1 aliphatic carbocycles. The zero-order valence-corrected chi connectivity index (χ0v) is 18.2. The van der Waals surface area contributed by atoms with Gasteiger partial charge in [-0.25, -0.2) is 9.97 Å². The summed E-state index contributed by atoms with van der Waals surface area (Å²) in [4.78, 5) is 22.8. The van der Waals surface area contributed by atoms with Crippen LogP contribution in [0.4, 0.5) is 11.6 Å². The van der Waals surface area contributed by atoms with Gasteiger partial charge in [0.15, 0.2) is 11.5 Å². The molecule has 1 aromatic carbocycles. The lowest BCUT2D eigenvalue weighted by atomic mass is 10.1. The van der Waals surface area contributed by atoms with Gasteiger partial charge in [-0.2, -0.15) is 0 Å². The molecular formula is C22H38N8O2. The molecule has 1 amide bonds. The Bertz CT molecular complexity index is 1050. The van der Waals surface area contributed by atoms with Crippen LogP contribution in [0.2, 0.25) is 0 Å². The number of hydrogen-bond acceptors (Lipinski definition) is 9. The minimum atomic E-state index is -0.328. The highest BCUT2D eigenvalue weighted by atomic mass is 16.5. The first-order valence-electron chi connectivity index (χ1n) is 10.7. The van der Waals surface area contributed by atoms with E-state index in [0.29, 0.717) is 42.9 Å². The van der Waals surface area contributed by atoms with Crippen molar-refractivity contribution < 1.29 is 16.7 Å². The molecule has 0 radical (unpaired) electrons. The lowest BCUT2D eigenvalue weighted by Crippen LogP contribution is -2.32. The van der Waals surface area contributed by atoms with Crippen molar-refractivity contribution in [2.45, 2.75) is 13.5 Å². The van der Waals surface area contributed by atoms with Gasteiger partial charge in [0.2, 0.25) is 17.7 Å². The number of benzene rings is 1. The molecular weight excluding hydrogens is 408 g/mol. The summed E-state index contributed by atoms with van der Waals surface area (Å²) in [6.07, 6.45) is 1.57. The summed E-state index contributed by atoms with van der Waals surface area (Å²) in [5, 5.41) is 22.4. The number of piperidine rings is 1. The van der Waals surface area contributed by atoms with Crippen LogP contribution < -0.4 is 21.3 Å². The predicted octanol–water partition coefficient (Wildman–Crippen LogP) is 2.19. The summed E-state index contributed by atoms with van der Waals surface area (Å²) in [6, 6.07) is 7.34. The normalized spacial score (nSPS) is 21.1. The Hall–Kier alpha value is -3.53. The smallest absolute Gasteiger partial charge is 0.243 e. The van der Waals surface area contributed by atoms with Gasteiger partial charge in [-0.15, -0.1) is 0 Å². The quantitative estimate of drug-likeness (QED) is 0.323. The van der Waals surface area contributed by atoms with Crippen molar-refractivity contribution in [3.63, 3.8) is 0 Å². The molecule has 2 heterocycles. The summed E-state index contributed by atoms with van der Waals surface area (Å²) in [6.45, 7) is 4.72. The van der Waals surface area contributed by atoms with Crippen LogP contribution in [-0.4, -0.2) is 54.4 Å². The maximum atomic E-state index is 12.1. The zero-order chi connectivity index (χ0) is 22.8. The Balaban J connectivity index is 0. The first-order chi connectivity index (χ1) is 15.4. The van der Waals surface area contributed by atoms with Crippen molar-refractivity contribution >= 4 is 29.3 Å². The first-order valence-corrected chi connectivity index (χ1v) is 10.7. The number of rotatable bonds is 7. The highest BCUT2D eigenvalue weighted by Crippen LogP contribution is 2.52. The van der Waals surface area contributed by atoms with Crippen molar-refractivity contribution in [3.05, 3.63) is 47.3 Å². The lowest BCUT2D eigenvalue weighted by Gasteiger charge is -2.21. The van der Waals surface area contributed by atoms with Gasteiger partial charge in [0.1, 0.15) is 5.82 Å². The molecule has 6 N–H and O–H groups in total. The van der Waals surface area contributed by atoms with Crippen molar-refractivity contribution in [2.24, 2.45) is 17.8 Å². The molecule has 10 nitrogen and oxygen atoms in total. The van der Waals surface area contributed by atoms with Gasteiger partial charge in [-0.3, -0.25) is 15.6 Å².